The fourth-order valence-electron chi connectivity index (χ4n) is 2.53. The number of hydrogen-bond acceptors (Lipinski definition) is 4. The van der Waals surface area contributed by atoms with Crippen LogP contribution in [-0.2, 0) is 14.3 Å². The number of carbonyl (C=O) groups excluding carboxylic acids is 2. The van der Waals surface area contributed by atoms with Crippen LogP contribution in [0.25, 0.3) is 11.0 Å². The van der Waals surface area contributed by atoms with Gasteiger partial charge in [0, 0.05) is 6.42 Å². The Kier molecular flexibility index (Phi) is 6.65. The highest BCUT2D eigenvalue weighted by Gasteiger charge is 2.24. The zero-order chi connectivity index (χ0) is 19.3. The number of benzene rings is 1. The molecule has 0 saturated carbocycles. The minimum Gasteiger partial charge on any atom is -0.453 e. The molecule has 1 amide bonds. The third-order valence-electron chi connectivity index (χ3n) is 3.87. The maximum atomic E-state index is 13.4. The molecule has 142 valence electrons. The second kappa shape index (κ2) is 8.73. The summed E-state index contributed by atoms with van der Waals surface area (Å²) in [4.78, 5) is 27.7. The summed E-state index contributed by atoms with van der Waals surface area (Å²) < 4.78 is 32.7. The van der Waals surface area contributed by atoms with Gasteiger partial charge in [0.15, 0.2) is 11.9 Å². The van der Waals surface area contributed by atoms with Crippen molar-refractivity contribution in [2.75, 3.05) is 6.54 Å². The maximum absolute atomic E-state index is 13.4. The van der Waals surface area contributed by atoms with E-state index in [1.807, 2.05) is 13.8 Å². The number of para-hydroxylation sites is 2. The number of rotatable bonds is 8. The van der Waals surface area contributed by atoms with Gasteiger partial charge in [-0.2, -0.15) is 8.78 Å². The first-order valence-electron chi connectivity index (χ1n) is 8.50. The highest BCUT2D eigenvalue weighted by molar-refractivity contribution is 5.82. The van der Waals surface area contributed by atoms with Gasteiger partial charge in [-0.25, -0.2) is 4.98 Å². The molecule has 1 unspecified atom stereocenters. The topological polar surface area (TPSA) is 73.2 Å². The minimum atomic E-state index is -2.81. The van der Waals surface area contributed by atoms with E-state index in [1.165, 1.54) is 13.0 Å². The smallest absolute Gasteiger partial charge is 0.326 e. The summed E-state index contributed by atoms with van der Waals surface area (Å²) in [7, 11) is 0. The van der Waals surface area contributed by atoms with Crippen molar-refractivity contribution < 1.29 is 23.1 Å². The van der Waals surface area contributed by atoms with E-state index in [2.05, 4.69) is 10.3 Å². The Balaban J connectivity index is 2.00. The predicted octanol–water partition coefficient (Wildman–Crippen LogP) is 3.59. The third-order valence-corrected chi connectivity index (χ3v) is 3.87. The molecule has 0 saturated heterocycles. The van der Waals surface area contributed by atoms with E-state index in [4.69, 9.17) is 4.74 Å². The van der Waals surface area contributed by atoms with Crippen molar-refractivity contribution in [1.29, 1.82) is 0 Å². The van der Waals surface area contributed by atoms with Crippen molar-refractivity contribution >= 4 is 22.9 Å². The van der Waals surface area contributed by atoms with Gasteiger partial charge in [0.25, 0.3) is 0 Å². The number of alkyl halides is 2. The lowest BCUT2D eigenvalue weighted by atomic mass is 10.1. The van der Waals surface area contributed by atoms with E-state index >= 15 is 0 Å². The zero-order valence-electron chi connectivity index (χ0n) is 15.0. The van der Waals surface area contributed by atoms with Crippen LogP contribution in [-0.4, -0.2) is 28.0 Å². The molecule has 1 heterocycles. The molecule has 26 heavy (non-hydrogen) atoms. The zero-order valence-corrected chi connectivity index (χ0v) is 15.0. The molecule has 2 rings (SSSR count). The van der Waals surface area contributed by atoms with Crippen LogP contribution in [0, 0.1) is 5.92 Å². The van der Waals surface area contributed by atoms with Crippen LogP contribution < -0.4 is 5.32 Å². The average Bonchev–Trinajstić information content (AvgIpc) is 2.98. The largest absolute Gasteiger partial charge is 0.453 e. The predicted molar refractivity (Wildman–Crippen MR) is 92.6 cm³/mol. The minimum absolute atomic E-state index is 0.0410. The van der Waals surface area contributed by atoms with Crippen molar-refractivity contribution in [2.45, 2.75) is 46.3 Å². The van der Waals surface area contributed by atoms with E-state index in [0.717, 1.165) is 11.0 Å². The van der Waals surface area contributed by atoms with Crippen molar-refractivity contribution in [2.24, 2.45) is 5.92 Å². The van der Waals surface area contributed by atoms with Crippen LogP contribution in [0.1, 0.15) is 52.1 Å². The van der Waals surface area contributed by atoms with Crippen LogP contribution in [0.5, 0.6) is 0 Å². The van der Waals surface area contributed by atoms with Gasteiger partial charge in [-0.05, 0) is 31.4 Å². The Morgan fingerprint density at radius 2 is 1.92 bits per heavy atom. The summed E-state index contributed by atoms with van der Waals surface area (Å²) in [5.74, 6) is -0.609. The fraction of sp³-hybridized carbons (Fsp3) is 0.500. The Hall–Kier alpha value is -2.51. The summed E-state index contributed by atoms with van der Waals surface area (Å²) in [5, 5.41) is 2.47. The molecule has 0 spiro atoms. The van der Waals surface area contributed by atoms with Gasteiger partial charge in [0.1, 0.15) is 6.54 Å². The normalized spacial score (nSPS) is 12.6. The molecule has 1 atom stereocenters. The monoisotopic (exact) mass is 367 g/mol. The number of nitrogens with one attached hydrogen (secondary N) is 1. The molecule has 6 nitrogen and oxygen atoms in total. The Morgan fingerprint density at radius 1 is 1.23 bits per heavy atom. The number of nitrogens with zero attached hydrogens (tertiary/aromatic N) is 2. The molecule has 1 aromatic carbocycles. The first kappa shape index (κ1) is 19.8. The van der Waals surface area contributed by atoms with Crippen molar-refractivity contribution in [3.8, 4) is 0 Å². The summed E-state index contributed by atoms with van der Waals surface area (Å²) in [6.07, 6.45) is 0.0636. The van der Waals surface area contributed by atoms with E-state index in [9.17, 15) is 18.4 Å². The second-order valence-corrected chi connectivity index (χ2v) is 6.45. The standard InChI is InChI=1S/C18H23F2N3O3/c1-11(2)8-9-15(24)21-10-16(25)26-12(3)17-22-13-6-4-5-7-14(13)23(17)18(19)20/h4-7,11-12,18H,8-10H2,1-3H3,(H,21,24). The Labute approximate surface area is 150 Å². The molecule has 1 N–H and O–H groups in total. The van der Waals surface area contributed by atoms with E-state index < -0.39 is 18.6 Å². The molecular weight excluding hydrogens is 344 g/mol. The average molecular weight is 367 g/mol. The molecule has 2 aromatic rings. The van der Waals surface area contributed by atoms with Crippen LogP contribution in [0.15, 0.2) is 24.3 Å². The first-order valence-corrected chi connectivity index (χ1v) is 8.50. The SMILES string of the molecule is CC(C)CCC(=O)NCC(=O)OC(C)c1nc2ccccc2n1C(F)F. The number of imidazole rings is 1. The van der Waals surface area contributed by atoms with Gasteiger partial charge in [-0.3, -0.25) is 14.2 Å². The van der Waals surface area contributed by atoms with E-state index in [1.54, 1.807) is 18.2 Å². The number of hydrogen-bond donors (Lipinski definition) is 1. The number of ether oxygens (including phenoxy) is 1. The van der Waals surface area contributed by atoms with Gasteiger partial charge < -0.3 is 10.1 Å². The third kappa shape index (κ3) is 5.00. The van der Waals surface area contributed by atoms with Crippen LogP contribution >= 0.6 is 0 Å². The molecule has 0 radical (unpaired) electrons. The van der Waals surface area contributed by atoms with Crippen molar-refractivity contribution in [3.63, 3.8) is 0 Å². The highest BCUT2D eigenvalue weighted by atomic mass is 19.3. The highest BCUT2D eigenvalue weighted by Crippen LogP contribution is 2.28. The first-order chi connectivity index (χ1) is 12.3. The number of amides is 1. The molecule has 0 aliphatic rings. The second-order valence-electron chi connectivity index (χ2n) is 6.45. The Bertz CT molecular complexity index is 774. The van der Waals surface area contributed by atoms with Gasteiger partial charge in [0.2, 0.25) is 5.91 Å². The molecule has 8 heteroatoms. The number of aromatic nitrogens is 2. The molecule has 0 fully saturated rings. The fourth-order valence-corrected chi connectivity index (χ4v) is 2.53. The summed E-state index contributed by atoms with van der Waals surface area (Å²) in [5.41, 5.74) is 0.662. The van der Waals surface area contributed by atoms with Crippen LogP contribution in [0.4, 0.5) is 8.78 Å². The molecular formula is C18H23F2N3O3. The number of halogens is 2. The number of fused-ring (bicyclic) bond motifs is 1. The molecule has 0 bridgehead atoms. The lowest BCUT2D eigenvalue weighted by Crippen LogP contribution is -2.31. The van der Waals surface area contributed by atoms with Gasteiger partial charge >= 0.3 is 12.5 Å². The molecule has 0 aliphatic carbocycles. The number of esters is 1. The van der Waals surface area contributed by atoms with Gasteiger partial charge in [0.05, 0.1) is 11.0 Å². The van der Waals surface area contributed by atoms with E-state index in [-0.39, 0.29) is 23.8 Å². The molecule has 1 aromatic heterocycles. The summed E-state index contributed by atoms with van der Waals surface area (Å²) in [6, 6.07) is 6.47. The lowest BCUT2D eigenvalue weighted by molar-refractivity contribution is -0.149. The van der Waals surface area contributed by atoms with Gasteiger partial charge in [-0.15, -0.1) is 0 Å². The lowest BCUT2D eigenvalue weighted by Gasteiger charge is -2.15. The van der Waals surface area contributed by atoms with Crippen molar-refractivity contribution in [1.82, 2.24) is 14.9 Å². The number of carbonyl (C=O) groups is 2. The quantitative estimate of drug-likeness (QED) is 0.724. The molecule has 0 aliphatic heterocycles. The van der Waals surface area contributed by atoms with E-state index in [0.29, 0.717) is 17.9 Å². The van der Waals surface area contributed by atoms with Crippen molar-refractivity contribution in [3.05, 3.63) is 30.1 Å². The van der Waals surface area contributed by atoms with Crippen LogP contribution in [0.3, 0.4) is 0 Å². The van der Waals surface area contributed by atoms with Gasteiger partial charge in [-0.1, -0.05) is 26.0 Å². The summed E-state index contributed by atoms with van der Waals surface area (Å²) in [6.45, 7) is 2.35. The Morgan fingerprint density at radius 3 is 2.58 bits per heavy atom. The van der Waals surface area contributed by atoms with Crippen LogP contribution in [0.2, 0.25) is 0 Å². The summed E-state index contributed by atoms with van der Waals surface area (Å²) >= 11 is 0. The maximum Gasteiger partial charge on any atom is 0.326 e.